The van der Waals surface area contributed by atoms with Crippen LogP contribution in [0.3, 0.4) is 0 Å². The van der Waals surface area contributed by atoms with Gasteiger partial charge in [0, 0.05) is 25.2 Å². The number of carbonyl (C=O) groups excluding carboxylic acids is 1. The van der Waals surface area contributed by atoms with Gasteiger partial charge in [-0.05, 0) is 46.9 Å². The summed E-state index contributed by atoms with van der Waals surface area (Å²) in [5, 5.41) is 15.0. The first-order valence-electron chi connectivity index (χ1n) is 11.1. The van der Waals surface area contributed by atoms with Crippen molar-refractivity contribution in [1.82, 2.24) is 4.90 Å². The number of carbonyl (C=O) groups is 1. The summed E-state index contributed by atoms with van der Waals surface area (Å²) in [5.41, 5.74) is 2.85. The molecule has 2 unspecified atom stereocenters. The van der Waals surface area contributed by atoms with Gasteiger partial charge in [0.2, 0.25) is 0 Å². The van der Waals surface area contributed by atoms with Crippen molar-refractivity contribution in [3.8, 4) is 0 Å². The topological polar surface area (TPSA) is 75.5 Å². The predicted octanol–water partition coefficient (Wildman–Crippen LogP) is 5.28. The third-order valence-corrected chi connectivity index (χ3v) is 7.11. The fourth-order valence-corrected chi connectivity index (χ4v) is 5.51. The van der Waals surface area contributed by atoms with Crippen LogP contribution >= 0.6 is 0 Å². The van der Waals surface area contributed by atoms with Crippen molar-refractivity contribution >= 4 is 17.3 Å². The number of hydrogen-bond acceptors (Lipinski definition) is 4. The highest BCUT2D eigenvalue weighted by atomic mass is 19.4. The van der Waals surface area contributed by atoms with Crippen molar-refractivity contribution in [2.24, 2.45) is 11.8 Å². The first-order chi connectivity index (χ1) is 15.6. The number of alkyl halides is 3. The second kappa shape index (κ2) is 8.68. The smallest absolute Gasteiger partial charge is 0.375 e. The predicted molar refractivity (Wildman–Crippen MR) is 118 cm³/mol. The number of fused-ring (bicyclic) bond motifs is 4. The molecule has 176 valence electrons. The Labute approximate surface area is 189 Å². The molecule has 2 aromatic carbocycles. The van der Waals surface area contributed by atoms with E-state index in [1.54, 1.807) is 6.07 Å². The molecule has 1 aliphatic carbocycles. The van der Waals surface area contributed by atoms with Crippen molar-refractivity contribution in [1.29, 1.82) is 0 Å². The molecular formula is C24H26F3N3O3. The number of anilines is 1. The zero-order valence-corrected chi connectivity index (χ0v) is 18.4. The number of benzene rings is 2. The van der Waals surface area contributed by atoms with Gasteiger partial charge in [-0.1, -0.05) is 50.6 Å². The van der Waals surface area contributed by atoms with E-state index in [4.69, 9.17) is 0 Å². The maximum atomic E-state index is 13.3. The zero-order valence-electron chi connectivity index (χ0n) is 18.4. The van der Waals surface area contributed by atoms with Gasteiger partial charge in [-0.15, -0.1) is 0 Å². The Kier molecular flexibility index (Phi) is 6.07. The first kappa shape index (κ1) is 23.1. The molecule has 0 radical (unpaired) electrons. The average Bonchev–Trinajstić information content (AvgIpc) is 2.77. The summed E-state index contributed by atoms with van der Waals surface area (Å²) in [6, 6.07) is 12.2. The molecule has 1 heterocycles. The fraction of sp³-hybridized carbons (Fsp3) is 0.458. The van der Waals surface area contributed by atoms with Crippen LogP contribution < -0.4 is 5.32 Å². The number of amides is 1. The van der Waals surface area contributed by atoms with Gasteiger partial charge in [0.15, 0.2) is 0 Å². The Balaban J connectivity index is 1.73. The quantitative estimate of drug-likeness (QED) is 0.486. The van der Waals surface area contributed by atoms with Crippen molar-refractivity contribution in [3.63, 3.8) is 0 Å². The Morgan fingerprint density at radius 2 is 1.94 bits per heavy atom. The van der Waals surface area contributed by atoms with Crippen molar-refractivity contribution in [2.75, 3.05) is 11.9 Å². The molecule has 9 heteroatoms. The average molecular weight is 461 g/mol. The molecule has 4 atom stereocenters. The second-order valence-corrected chi connectivity index (χ2v) is 8.94. The number of rotatable bonds is 5. The van der Waals surface area contributed by atoms with E-state index in [0.717, 1.165) is 16.0 Å². The molecule has 2 aliphatic rings. The lowest BCUT2D eigenvalue weighted by molar-refractivity contribution is -0.384. The Morgan fingerprint density at radius 1 is 1.24 bits per heavy atom. The van der Waals surface area contributed by atoms with Crippen LogP contribution in [-0.2, 0) is 17.8 Å². The molecule has 0 aromatic heterocycles. The van der Waals surface area contributed by atoms with Crippen molar-refractivity contribution < 1.29 is 22.9 Å². The van der Waals surface area contributed by atoms with E-state index in [-0.39, 0.29) is 36.4 Å². The van der Waals surface area contributed by atoms with Crippen molar-refractivity contribution in [3.05, 3.63) is 69.3 Å². The summed E-state index contributed by atoms with van der Waals surface area (Å²) in [6.45, 7) is 4.24. The maximum absolute atomic E-state index is 13.3. The van der Waals surface area contributed by atoms with Crippen molar-refractivity contribution in [2.45, 2.75) is 51.4 Å². The number of nitrogens with zero attached hydrogens (tertiary/aromatic N) is 2. The lowest BCUT2D eigenvalue weighted by atomic mass is 9.63. The minimum absolute atomic E-state index is 0.0394. The van der Waals surface area contributed by atoms with Crippen LogP contribution in [0.15, 0.2) is 42.5 Å². The van der Waals surface area contributed by atoms with Crippen LogP contribution in [0.4, 0.5) is 24.5 Å². The van der Waals surface area contributed by atoms with Crippen LogP contribution in [0.5, 0.6) is 0 Å². The van der Waals surface area contributed by atoms with Gasteiger partial charge in [-0.2, -0.15) is 13.2 Å². The second-order valence-electron chi connectivity index (χ2n) is 8.94. The number of nitro groups is 1. The lowest BCUT2D eigenvalue weighted by Crippen LogP contribution is -2.59. The fourth-order valence-electron chi connectivity index (χ4n) is 5.51. The van der Waals surface area contributed by atoms with Crippen LogP contribution in [0.25, 0.3) is 0 Å². The highest BCUT2D eigenvalue weighted by Gasteiger charge is 2.52. The zero-order chi connectivity index (χ0) is 23.9. The number of halogens is 3. The molecule has 33 heavy (non-hydrogen) atoms. The molecule has 2 aromatic rings. The molecule has 0 spiro atoms. The van der Waals surface area contributed by atoms with Gasteiger partial charge in [-0.3, -0.25) is 14.9 Å². The minimum atomic E-state index is -4.94. The summed E-state index contributed by atoms with van der Waals surface area (Å²) in [4.78, 5) is 24.5. The molecule has 1 amide bonds. The Bertz CT molecular complexity index is 1060. The minimum Gasteiger partial charge on any atom is -0.375 e. The van der Waals surface area contributed by atoms with Crippen LogP contribution in [0.1, 0.15) is 42.9 Å². The first-order valence-corrected chi connectivity index (χ1v) is 11.1. The summed E-state index contributed by atoms with van der Waals surface area (Å²) in [7, 11) is 0. The number of nitrogens with one attached hydrogen (secondary N) is 1. The van der Waals surface area contributed by atoms with Gasteiger partial charge in [0.1, 0.15) is 5.69 Å². The molecule has 1 N–H and O–H groups in total. The standard InChI is InChI=1S/C24H26F3N3O3/c1-3-16-13-29(23(31)24(25,26)27)20-9-17-10-21(30(32)33)19(11-18(17)22(16)14(20)2)28-12-15-7-5-4-6-8-15/h4-8,10-11,14,16,20,22,28H,3,9,12-13H2,1-2H3/t14-,16?,20-,22?/m1/s1. The van der Waals surface area contributed by atoms with E-state index in [0.29, 0.717) is 24.2 Å². The molecule has 2 bridgehead atoms. The van der Waals surface area contributed by atoms with Crippen LogP contribution in [-0.4, -0.2) is 34.5 Å². The third kappa shape index (κ3) is 4.28. The molecule has 4 rings (SSSR count). The van der Waals surface area contributed by atoms with E-state index in [1.807, 2.05) is 44.2 Å². The maximum Gasteiger partial charge on any atom is 0.471 e. The van der Waals surface area contributed by atoms with Crippen LogP contribution in [0.2, 0.25) is 0 Å². The monoisotopic (exact) mass is 461 g/mol. The van der Waals surface area contributed by atoms with Gasteiger partial charge in [0.25, 0.3) is 5.69 Å². The highest BCUT2D eigenvalue weighted by molar-refractivity contribution is 5.82. The number of likely N-dealkylation sites (tertiary alicyclic amines) is 1. The summed E-state index contributed by atoms with van der Waals surface area (Å²) < 4.78 is 39.8. The van der Waals surface area contributed by atoms with Gasteiger partial charge in [-0.25, -0.2) is 0 Å². The largest absolute Gasteiger partial charge is 0.471 e. The van der Waals surface area contributed by atoms with E-state index in [1.165, 1.54) is 6.07 Å². The van der Waals surface area contributed by atoms with Gasteiger partial charge in [0.05, 0.1) is 4.92 Å². The number of hydrogen-bond donors (Lipinski definition) is 1. The van der Waals surface area contributed by atoms with Gasteiger partial charge >= 0.3 is 12.1 Å². The normalized spacial score (nSPS) is 24.2. The van der Waals surface area contributed by atoms with Gasteiger partial charge < -0.3 is 10.2 Å². The Hall–Kier alpha value is -3.10. The molecule has 0 saturated carbocycles. The van der Waals surface area contributed by atoms with E-state index in [9.17, 15) is 28.1 Å². The summed E-state index contributed by atoms with van der Waals surface area (Å²) in [6.07, 6.45) is -4.17. The molecule has 6 nitrogen and oxygen atoms in total. The SMILES string of the molecule is CCC1CN(C(=O)C(F)(F)F)[C@@H]2Cc3cc([N+](=O)[O-])c(NCc4ccccc4)cc3C1[C@@H]2C. The molecular weight excluding hydrogens is 435 g/mol. The van der Waals surface area contributed by atoms with E-state index >= 15 is 0 Å². The van der Waals surface area contributed by atoms with Crippen LogP contribution in [0, 0.1) is 22.0 Å². The molecule has 1 aliphatic heterocycles. The van der Waals surface area contributed by atoms with E-state index < -0.39 is 23.0 Å². The summed E-state index contributed by atoms with van der Waals surface area (Å²) in [5.74, 6) is -2.24. The lowest BCUT2D eigenvalue weighted by Gasteiger charge is -2.52. The van der Waals surface area contributed by atoms with E-state index in [2.05, 4.69) is 5.32 Å². The third-order valence-electron chi connectivity index (χ3n) is 7.11. The number of piperidine rings is 1. The number of nitro benzene ring substituents is 1. The highest BCUT2D eigenvalue weighted by Crippen LogP contribution is 2.50. The molecule has 1 fully saturated rings. The Morgan fingerprint density at radius 3 is 2.55 bits per heavy atom. The summed E-state index contributed by atoms with van der Waals surface area (Å²) >= 11 is 0. The molecule has 1 saturated heterocycles.